The number of rotatable bonds is 5. The number of fused-ring (bicyclic) bond motifs is 1. The number of halogens is 2. The van der Waals surface area contributed by atoms with Crippen LogP contribution in [0.25, 0.3) is 0 Å². The normalized spacial score (nSPS) is 12.8. The van der Waals surface area contributed by atoms with Crippen LogP contribution in [0.4, 0.5) is 14.5 Å². The van der Waals surface area contributed by atoms with Crippen LogP contribution in [-0.4, -0.2) is 11.8 Å². The summed E-state index contributed by atoms with van der Waals surface area (Å²) in [7, 11) is 0. The Labute approximate surface area is 166 Å². The summed E-state index contributed by atoms with van der Waals surface area (Å²) in [4.78, 5) is 26.5. The van der Waals surface area contributed by atoms with Gasteiger partial charge in [0.25, 0.3) is 5.91 Å². The Bertz CT molecular complexity index is 1080. The predicted octanol–water partition coefficient (Wildman–Crippen LogP) is 3.98. The highest BCUT2D eigenvalue weighted by atomic mass is 19.1. The Kier molecular flexibility index (Phi) is 5.08. The maximum Gasteiger partial charge on any atom is 0.251 e. The molecule has 4 nitrogen and oxygen atoms in total. The minimum atomic E-state index is -0.371. The summed E-state index contributed by atoms with van der Waals surface area (Å²) in [5.74, 6) is -1.11. The van der Waals surface area contributed by atoms with E-state index < -0.39 is 0 Å². The fraction of sp³-hybridized carbons (Fsp3) is 0.130. The van der Waals surface area contributed by atoms with Gasteiger partial charge in [0.1, 0.15) is 11.6 Å². The molecule has 29 heavy (non-hydrogen) atoms. The van der Waals surface area contributed by atoms with E-state index in [0.717, 1.165) is 16.8 Å². The third kappa shape index (κ3) is 4.01. The van der Waals surface area contributed by atoms with Gasteiger partial charge >= 0.3 is 0 Å². The Balaban J connectivity index is 1.48. The molecule has 1 aliphatic heterocycles. The minimum absolute atomic E-state index is 0.0757. The van der Waals surface area contributed by atoms with Crippen molar-refractivity contribution in [2.45, 2.75) is 19.5 Å². The maximum absolute atomic E-state index is 13.7. The Hall–Kier alpha value is -3.54. The number of amides is 2. The molecule has 0 saturated heterocycles. The highest BCUT2D eigenvalue weighted by molar-refractivity contribution is 6.03. The van der Waals surface area contributed by atoms with Crippen molar-refractivity contribution in [2.75, 3.05) is 4.90 Å². The molecule has 146 valence electrons. The van der Waals surface area contributed by atoms with Crippen molar-refractivity contribution >= 4 is 17.5 Å². The molecule has 0 bridgehead atoms. The molecular formula is C23H18F2N2O2. The van der Waals surface area contributed by atoms with E-state index in [0.29, 0.717) is 17.7 Å². The minimum Gasteiger partial charge on any atom is -0.348 e. The molecule has 0 aliphatic carbocycles. The molecule has 4 rings (SSSR count). The number of benzene rings is 3. The van der Waals surface area contributed by atoms with E-state index >= 15 is 0 Å². The van der Waals surface area contributed by atoms with Gasteiger partial charge in [-0.15, -0.1) is 0 Å². The molecule has 0 atom stereocenters. The van der Waals surface area contributed by atoms with Crippen LogP contribution in [0, 0.1) is 11.6 Å². The van der Waals surface area contributed by atoms with Crippen molar-refractivity contribution in [2.24, 2.45) is 0 Å². The number of anilines is 1. The molecular weight excluding hydrogens is 374 g/mol. The van der Waals surface area contributed by atoms with Crippen LogP contribution >= 0.6 is 0 Å². The van der Waals surface area contributed by atoms with Crippen LogP contribution in [0.15, 0.2) is 66.7 Å². The first-order valence-electron chi connectivity index (χ1n) is 9.20. The van der Waals surface area contributed by atoms with Crippen molar-refractivity contribution in [3.8, 4) is 0 Å². The summed E-state index contributed by atoms with van der Waals surface area (Å²) >= 11 is 0. The molecule has 6 heteroatoms. The molecule has 0 unspecified atom stereocenters. The number of nitrogens with one attached hydrogen (secondary N) is 1. The molecule has 1 N–H and O–H groups in total. The van der Waals surface area contributed by atoms with Gasteiger partial charge in [0, 0.05) is 23.4 Å². The third-order valence-corrected chi connectivity index (χ3v) is 4.93. The number of hydrogen-bond donors (Lipinski definition) is 1. The van der Waals surface area contributed by atoms with Crippen LogP contribution in [-0.2, 0) is 24.3 Å². The van der Waals surface area contributed by atoms with Crippen molar-refractivity contribution in [1.29, 1.82) is 0 Å². The summed E-state index contributed by atoms with van der Waals surface area (Å²) in [5.41, 5.74) is 3.14. The number of carbonyl (C=O) groups is 2. The molecule has 1 aliphatic rings. The van der Waals surface area contributed by atoms with Gasteiger partial charge in [0.15, 0.2) is 0 Å². The molecule has 0 aromatic heterocycles. The van der Waals surface area contributed by atoms with E-state index in [1.165, 1.54) is 18.2 Å². The van der Waals surface area contributed by atoms with Crippen LogP contribution in [0.3, 0.4) is 0 Å². The SMILES string of the molecule is O=C(NCc1ccccc1F)c1ccc2c(c1)CC(=O)N2Cc1ccc(F)cc1. The van der Waals surface area contributed by atoms with Crippen LogP contribution in [0.1, 0.15) is 27.0 Å². The van der Waals surface area contributed by atoms with Gasteiger partial charge in [-0.25, -0.2) is 8.78 Å². The van der Waals surface area contributed by atoms with Crippen molar-refractivity contribution in [1.82, 2.24) is 5.32 Å². The van der Waals surface area contributed by atoms with E-state index in [2.05, 4.69) is 5.32 Å². The molecule has 3 aromatic carbocycles. The van der Waals surface area contributed by atoms with Gasteiger partial charge < -0.3 is 10.2 Å². The fourth-order valence-corrected chi connectivity index (χ4v) is 3.39. The average molecular weight is 392 g/mol. The first-order valence-corrected chi connectivity index (χ1v) is 9.20. The quantitative estimate of drug-likeness (QED) is 0.714. The standard InChI is InChI=1S/C23H18F2N2O2/c24-19-8-5-15(6-9-19)14-27-21-10-7-16(11-18(21)12-22(27)28)23(29)26-13-17-3-1-2-4-20(17)25/h1-11H,12-14H2,(H,26,29). The average Bonchev–Trinajstić information content (AvgIpc) is 3.03. The van der Waals surface area contributed by atoms with E-state index in [-0.39, 0.29) is 36.4 Å². The largest absolute Gasteiger partial charge is 0.348 e. The second-order valence-corrected chi connectivity index (χ2v) is 6.90. The summed E-state index contributed by atoms with van der Waals surface area (Å²) in [5, 5.41) is 2.70. The number of nitrogens with zero attached hydrogens (tertiary/aromatic N) is 1. The topological polar surface area (TPSA) is 49.4 Å². The zero-order chi connectivity index (χ0) is 20.4. The van der Waals surface area contributed by atoms with Gasteiger partial charge in [-0.3, -0.25) is 9.59 Å². The summed E-state index contributed by atoms with van der Waals surface area (Å²) in [6.07, 6.45) is 0.199. The number of carbonyl (C=O) groups excluding carboxylic acids is 2. The monoisotopic (exact) mass is 392 g/mol. The Morgan fingerprint density at radius 2 is 1.76 bits per heavy atom. The van der Waals surface area contributed by atoms with Gasteiger partial charge in [-0.1, -0.05) is 30.3 Å². The summed E-state index contributed by atoms with van der Waals surface area (Å²) in [6.45, 7) is 0.420. The van der Waals surface area contributed by atoms with Gasteiger partial charge in [-0.05, 0) is 47.5 Å². The molecule has 0 saturated carbocycles. The fourth-order valence-electron chi connectivity index (χ4n) is 3.39. The summed E-state index contributed by atoms with van der Waals surface area (Å²) in [6, 6.07) is 17.3. The zero-order valence-corrected chi connectivity index (χ0v) is 15.5. The number of hydrogen-bond acceptors (Lipinski definition) is 2. The second-order valence-electron chi connectivity index (χ2n) is 6.90. The predicted molar refractivity (Wildman–Crippen MR) is 105 cm³/mol. The molecule has 0 radical (unpaired) electrons. The molecule has 2 amide bonds. The van der Waals surface area contributed by atoms with Crippen LogP contribution in [0.5, 0.6) is 0 Å². The van der Waals surface area contributed by atoms with Gasteiger partial charge in [0.2, 0.25) is 5.91 Å². The highest BCUT2D eigenvalue weighted by Crippen LogP contribution is 2.31. The first kappa shape index (κ1) is 18.8. The van der Waals surface area contributed by atoms with Crippen molar-refractivity contribution in [3.63, 3.8) is 0 Å². The maximum atomic E-state index is 13.7. The first-order chi connectivity index (χ1) is 14.0. The molecule has 0 spiro atoms. The smallest absolute Gasteiger partial charge is 0.251 e. The second kappa shape index (κ2) is 7.83. The Morgan fingerprint density at radius 1 is 1.00 bits per heavy atom. The molecule has 1 heterocycles. The van der Waals surface area contributed by atoms with Gasteiger partial charge in [-0.2, -0.15) is 0 Å². The lowest BCUT2D eigenvalue weighted by atomic mass is 10.1. The lowest BCUT2D eigenvalue weighted by Crippen LogP contribution is -2.26. The lowest BCUT2D eigenvalue weighted by molar-refractivity contribution is -0.117. The van der Waals surface area contributed by atoms with Crippen molar-refractivity contribution < 1.29 is 18.4 Å². The van der Waals surface area contributed by atoms with Crippen LogP contribution < -0.4 is 10.2 Å². The summed E-state index contributed by atoms with van der Waals surface area (Å²) < 4.78 is 26.8. The van der Waals surface area contributed by atoms with E-state index in [4.69, 9.17) is 0 Å². The zero-order valence-electron chi connectivity index (χ0n) is 15.5. The molecule has 0 fully saturated rings. The van der Waals surface area contributed by atoms with E-state index in [1.807, 2.05) is 0 Å². The van der Waals surface area contributed by atoms with E-state index in [9.17, 15) is 18.4 Å². The van der Waals surface area contributed by atoms with Crippen LogP contribution in [0.2, 0.25) is 0 Å². The lowest BCUT2D eigenvalue weighted by Gasteiger charge is -2.18. The van der Waals surface area contributed by atoms with Crippen molar-refractivity contribution in [3.05, 3.63) is 101 Å². The third-order valence-electron chi connectivity index (χ3n) is 4.93. The highest BCUT2D eigenvalue weighted by Gasteiger charge is 2.28. The molecule has 3 aromatic rings. The van der Waals surface area contributed by atoms with E-state index in [1.54, 1.807) is 53.4 Å². The Morgan fingerprint density at radius 3 is 2.52 bits per heavy atom. The van der Waals surface area contributed by atoms with Gasteiger partial charge in [0.05, 0.1) is 13.0 Å².